The van der Waals surface area contributed by atoms with E-state index in [1.54, 1.807) is 6.07 Å². The summed E-state index contributed by atoms with van der Waals surface area (Å²) < 4.78 is 22.6. The van der Waals surface area contributed by atoms with Crippen LogP contribution in [0.15, 0.2) is 54.0 Å². The number of ether oxygens (including phenoxy) is 2. The van der Waals surface area contributed by atoms with Crippen molar-refractivity contribution in [3.05, 3.63) is 76.3 Å². The largest absolute Gasteiger partial charge is 0.492 e. The van der Waals surface area contributed by atoms with Crippen LogP contribution in [0.5, 0.6) is 0 Å². The van der Waals surface area contributed by atoms with E-state index in [0.29, 0.717) is 11.0 Å². The normalized spacial score (nSPS) is 16.8. The van der Waals surface area contributed by atoms with E-state index in [0.717, 1.165) is 16.7 Å². The number of esters is 1. The molecule has 1 aliphatic rings. The van der Waals surface area contributed by atoms with Gasteiger partial charge in [0.2, 0.25) is 0 Å². The number of nitrogens with one attached hydrogen (secondary N) is 1. The van der Waals surface area contributed by atoms with Crippen molar-refractivity contribution in [2.75, 3.05) is 13.7 Å². The van der Waals surface area contributed by atoms with E-state index in [1.807, 2.05) is 83.2 Å². The second-order valence-electron chi connectivity index (χ2n) is 9.29. The zero-order valence-electron chi connectivity index (χ0n) is 20.6. The number of methoxy groups -OCH3 is 1. The summed E-state index contributed by atoms with van der Waals surface area (Å²) in [6, 6.07) is 14.9. The highest BCUT2D eigenvalue weighted by atomic mass is 16.7. The van der Waals surface area contributed by atoms with Crippen LogP contribution in [0.2, 0.25) is 0 Å². The van der Waals surface area contributed by atoms with Crippen molar-refractivity contribution in [2.24, 2.45) is 0 Å². The molecule has 0 bridgehead atoms. The number of amides is 1. The van der Waals surface area contributed by atoms with Crippen LogP contribution in [-0.4, -0.2) is 44.0 Å². The number of hydrogen-bond acceptors (Lipinski definition) is 6. The number of aryl methyl sites for hydroxylation is 1. The first-order chi connectivity index (χ1) is 16.0. The van der Waals surface area contributed by atoms with E-state index in [2.05, 4.69) is 5.32 Å². The highest BCUT2D eigenvalue weighted by Crippen LogP contribution is 2.38. The van der Waals surface area contributed by atoms with Gasteiger partial charge in [-0.3, -0.25) is 0 Å². The molecule has 3 rings (SSSR count). The Hall–Kier alpha value is -3.10. The molecule has 0 aromatic heterocycles. The van der Waals surface area contributed by atoms with E-state index in [9.17, 15) is 9.59 Å². The van der Waals surface area contributed by atoms with E-state index in [4.69, 9.17) is 18.8 Å². The van der Waals surface area contributed by atoms with Crippen LogP contribution in [0.25, 0.3) is 6.08 Å². The molecule has 180 valence electrons. The molecular weight excluding hydrogens is 433 g/mol. The first-order valence-corrected chi connectivity index (χ1v) is 11.2. The van der Waals surface area contributed by atoms with Gasteiger partial charge in [-0.2, -0.15) is 0 Å². The van der Waals surface area contributed by atoms with Gasteiger partial charge in [-0.25, -0.2) is 9.59 Å². The lowest BCUT2D eigenvalue weighted by molar-refractivity contribution is 0.00578. The van der Waals surface area contributed by atoms with Crippen molar-refractivity contribution in [3.8, 4) is 0 Å². The zero-order chi connectivity index (χ0) is 24.9. The molecule has 0 spiro atoms. The summed E-state index contributed by atoms with van der Waals surface area (Å²) >= 11 is 0. The molecular formula is C26H32BNO6. The van der Waals surface area contributed by atoms with E-state index in [-0.39, 0.29) is 13.2 Å². The van der Waals surface area contributed by atoms with Crippen molar-refractivity contribution in [2.45, 2.75) is 52.4 Å². The van der Waals surface area contributed by atoms with Gasteiger partial charge in [0.25, 0.3) is 0 Å². The molecule has 1 heterocycles. The SMILES string of the molecule is COC(=O)c1cc(C=C(CNC(=O)OCc2ccccc2)B2OC(C)(C)C(C)(C)O2)ccc1C. The second kappa shape index (κ2) is 10.4. The van der Waals surface area contributed by atoms with Crippen molar-refractivity contribution in [3.63, 3.8) is 0 Å². The maximum absolute atomic E-state index is 12.4. The molecule has 1 aliphatic heterocycles. The maximum atomic E-state index is 12.4. The van der Waals surface area contributed by atoms with Gasteiger partial charge in [0.15, 0.2) is 0 Å². The summed E-state index contributed by atoms with van der Waals surface area (Å²) in [5.41, 5.74) is 2.53. The summed E-state index contributed by atoms with van der Waals surface area (Å²) in [5, 5.41) is 2.78. The first-order valence-electron chi connectivity index (χ1n) is 11.2. The summed E-state index contributed by atoms with van der Waals surface area (Å²) in [5.74, 6) is -0.410. The third-order valence-corrected chi connectivity index (χ3v) is 6.22. The standard InChI is InChI=1S/C26H32BNO6/c1-18-12-13-20(15-22(18)23(29)31-6)14-21(27-33-25(2,3)26(4,5)34-27)16-28-24(30)32-17-19-10-8-7-9-11-19/h7-15H,16-17H2,1-6H3,(H,28,30). The summed E-state index contributed by atoms with van der Waals surface area (Å²) in [6.45, 7) is 10.0. The topological polar surface area (TPSA) is 83.1 Å². The molecule has 0 radical (unpaired) electrons. The van der Waals surface area contributed by atoms with Gasteiger partial charge in [-0.15, -0.1) is 0 Å². The Kier molecular flexibility index (Phi) is 7.84. The number of benzene rings is 2. The predicted octanol–water partition coefficient (Wildman–Crippen LogP) is 4.72. The Morgan fingerprint density at radius 2 is 1.68 bits per heavy atom. The van der Waals surface area contributed by atoms with Crippen molar-refractivity contribution in [1.29, 1.82) is 0 Å². The fourth-order valence-electron chi connectivity index (χ4n) is 3.42. The average molecular weight is 465 g/mol. The van der Waals surface area contributed by atoms with Gasteiger partial charge in [0, 0.05) is 6.54 Å². The number of carbonyl (C=O) groups excluding carboxylic acids is 2. The molecule has 2 aromatic rings. The zero-order valence-corrected chi connectivity index (χ0v) is 20.6. The van der Waals surface area contributed by atoms with Crippen molar-refractivity contribution in [1.82, 2.24) is 5.32 Å². The van der Waals surface area contributed by atoms with Gasteiger partial charge in [0.05, 0.1) is 23.9 Å². The monoisotopic (exact) mass is 465 g/mol. The van der Waals surface area contributed by atoms with Crippen molar-refractivity contribution < 1.29 is 28.4 Å². The minimum atomic E-state index is -0.678. The quantitative estimate of drug-likeness (QED) is 0.471. The molecule has 1 fully saturated rings. The number of hydrogen-bond donors (Lipinski definition) is 1. The molecule has 0 unspecified atom stereocenters. The fraction of sp³-hybridized carbons (Fsp3) is 0.385. The Labute approximate surface area is 201 Å². The highest BCUT2D eigenvalue weighted by Gasteiger charge is 2.52. The highest BCUT2D eigenvalue weighted by molar-refractivity contribution is 6.56. The molecule has 0 aliphatic carbocycles. The van der Waals surface area contributed by atoms with Crippen molar-refractivity contribution >= 4 is 25.3 Å². The molecule has 34 heavy (non-hydrogen) atoms. The molecule has 1 saturated heterocycles. The van der Waals surface area contributed by atoms with Crippen LogP contribution < -0.4 is 5.32 Å². The molecule has 1 N–H and O–H groups in total. The Morgan fingerprint density at radius 3 is 2.29 bits per heavy atom. The third-order valence-electron chi connectivity index (χ3n) is 6.22. The molecule has 1 amide bonds. The number of alkyl carbamates (subject to hydrolysis) is 1. The van der Waals surface area contributed by atoms with Gasteiger partial charge >= 0.3 is 19.2 Å². The molecule has 0 atom stereocenters. The Morgan fingerprint density at radius 1 is 1.03 bits per heavy atom. The summed E-state index contributed by atoms with van der Waals surface area (Å²) in [7, 11) is 0.674. The minimum absolute atomic E-state index is 0.145. The van der Waals surface area contributed by atoms with E-state index >= 15 is 0 Å². The lowest BCUT2D eigenvalue weighted by Crippen LogP contribution is -2.41. The Balaban J connectivity index is 1.80. The third kappa shape index (κ3) is 6.07. The summed E-state index contributed by atoms with van der Waals surface area (Å²) in [6.07, 6.45) is 1.30. The van der Waals surface area contributed by atoms with Gasteiger partial charge in [-0.05, 0) is 62.8 Å². The van der Waals surface area contributed by atoms with Crippen LogP contribution >= 0.6 is 0 Å². The predicted molar refractivity (Wildman–Crippen MR) is 131 cm³/mol. The van der Waals surface area contributed by atoms with E-state index in [1.165, 1.54) is 7.11 Å². The lowest BCUT2D eigenvalue weighted by atomic mass is 9.77. The summed E-state index contributed by atoms with van der Waals surface area (Å²) in [4.78, 5) is 24.5. The van der Waals surface area contributed by atoms with Gasteiger partial charge < -0.3 is 24.1 Å². The minimum Gasteiger partial charge on any atom is -0.465 e. The second-order valence-corrected chi connectivity index (χ2v) is 9.29. The van der Waals surface area contributed by atoms with Crippen LogP contribution in [0, 0.1) is 6.92 Å². The van der Waals surface area contributed by atoms with Crippen LogP contribution in [0.1, 0.15) is 54.7 Å². The number of carbonyl (C=O) groups is 2. The molecule has 8 heteroatoms. The molecule has 2 aromatic carbocycles. The molecule has 7 nitrogen and oxygen atoms in total. The fourth-order valence-corrected chi connectivity index (χ4v) is 3.42. The van der Waals surface area contributed by atoms with Crippen LogP contribution in [-0.2, 0) is 25.4 Å². The van der Waals surface area contributed by atoms with Gasteiger partial charge in [0.1, 0.15) is 6.61 Å². The smallest absolute Gasteiger partial charge is 0.465 e. The maximum Gasteiger partial charge on any atom is 0.492 e. The number of rotatable bonds is 7. The van der Waals surface area contributed by atoms with Gasteiger partial charge in [-0.1, -0.05) is 48.5 Å². The van der Waals surface area contributed by atoms with Crippen LogP contribution in [0.3, 0.4) is 0 Å². The van der Waals surface area contributed by atoms with Crippen LogP contribution in [0.4, 0.5) is 4.79 Å². The molecule has 0 saturated carbocycles. The van der Waals surface area contributed by atoms with E-state index < -0.39 is 30.4 Å². The first kappa shape index (κ1) is 25.5. The lowest BCUT2D eigenvalue weighted by Gasteiger charge is -2.32. The Bertz CT molecular complexity index is 1050. The average Bonchev–Trinajstić information content (AvgIpc) is 3.03.